The van der Waals surface area contributed by atoms with Crippen molar-refractivity contribution in [1.82, 2.24) is 5.06 Å². The summed E-state index contributed by atoms with van der Waals surface area (Å²) in [6, 6.07) is 4.61. The van der Waals surface area contributed by atoms with Gasteiger partial charge in [-0.25, -0.2) is 0 Å². The Hall–Kier alpha value is -1.72. The van der Waals surface area contributed by atoms with Crippen molar-refractivity contribution in [2.45, 2.75) is 6.61 Å². The number of imide groups is 1. The standard InChI is InChI=1S/C10H9NO4/c1-15-11-9(13)7-3-2-6(5-12)4-8(7)10(11)14/h2-4,12H,5H2,1H3. The summed E-state index contributed by atoms with van der Waals surface area (Å²) in [6.45, 7) is -0.165. The number of hydrogen-bond donors (Lipinski definition) is 1. The Morgan fingerprint density at radius 1 is 1.27 bits per heavy atom. The highest BCUT2D eigenvalue weighted by Gasteiger charge is 2.36. The van der Waals surface area contributed by atoms with Gasteiger partial charge in [0.25, 0.3) is 11.8 Å². The maximum absolute atomic E-state index is 11.6. The number of carbonyl (C=O) groups excluding carboxylic acids is 2. The molecule has 1 aromatic rings. The number of aliphatic hydroxyl groups excluding tert-OH is 1. The van der Waals surface area contributed by atoms with Crippen LogP contribution in [-0.4, -0.2) is 29.1 Å². The van der Waals surface area contributed by atoms with Crippen molar-refractivity contribution in [2.75, 3.05) is 7.11 Å². The fraction of sp³-hybridized carbons (Fsp3) is 0.200. The van der Waals surface area contributed by atoms with Crippen LogP contribution in [0.3, 0.4) is 0 Å². The molecule has 0 radical (unpaired) electrons. The normalized spacial score (nSPS) is 14.7. The smallest absolute Gasteiger partial charge is 0.285 e. The largest absolute Gasteiger partial charge is 0.392 e. The van der Waals surface area contributed by atoms with Crippen molar-refractivity contribution in [1.29, 1.82) is 0 Å². The molecule has 0 spiro atoms. The number of hydroxylamine groups is 2. The van der Waals surface area contributed by atoms with Gasteiger partial charge in [0.15, 0.2) is 0 Å². The molecule has 1 aromatic carbocycles. The first kappa shape index (κ1) is 9.82. The molecule has 78 valence electrons. The summed E-state index contributed by atoms with van der Waals surface area (Å²) in [6.07, 6.45) is 0. The zero-order valence-corrected chi connectivity index (χ0v) is 8.06. The fourth-order valence-electron chi connectivity index (χ4n) is 1.53. The van der Waals surface area contributed by atoms with Crippen molar-refractivity contribution in [3.05, 3.63) is 34.9 Å². The second-order valence-electron chi connectivity index (χ2n) is 3.13. The van der Waals surface area contributed by atoms with Crippen molar-refractivity contribution in [3.63, 3.8) is 0 Å². The van der Waals surface area contributed by atoms with Crippen LogP contribution in [0.4, 0.5) is 0 Å². The van der Waals surface area contributed by atoms with Gasteiger partial charge in [0.05, 0.1) is 24.8 Å². The first-order valence-corrected chi connectivity index (χ1v) is 4.35. The molecule has 1 aliphatic heterocycles. The first-order chi connectivity index (χ1) is 7.19. The zero-order valence-electron chi connectivity index (χ0n) is 8.06. The summed E-state index contributed by atoms with van der Waals surface area (Å²) in [5.74, 6) is -0.963. The van der Waals surface area contributed by atoms with Crippen molar-refractivity contribution < 1.29 is 19.5 Å². The van der Waals surface area contributed by atoms with Gasteiger partial charge in [-0.15, -0.1) is 5.06 Å². The van der Waals surface area contributed by atoms with Gasteiger partial charge in [0.1, 0.15) is 0 Å². The lowest BCUT2D eigenvalue weighted by atomic mass is 10.1. The third kappa shape index (κ3) is 1.33. The van der Waals surface area contributed by atoms with E-state index in [1.54, 1.807) is 6.07 Å². The lowest BCUT2D eigenvalue weighted by Crippen LogP contribution is -2.28. The van der Waals surface area contributed by atoms with Crippen LogP contribution in [-0.2, 0) is 11.4 Å². The first-order valence-electron chi connectivity index (χ1n) is 4.35. The van der Waals surface area contributed by atoms with Crippen LogP contribution in [0.1, 0.15) is 26.3 Å². The Morgan fingerprint density at radius 2 is 1.93 bits per heavy atom. The molecule has 0 aromatic heterocycles. The lowest BCUT2D eigenvalue weighted by molar-refractivity contribution is -0.0645. The predicted octanol–water partition coefficient (Wildman–Crippen LogP) is 0.336. The number of hydrogen-bond acceptors (Lipinski definition) is 4. The molecule has 0 aliphatic carbocycles. The average Bonchev–Trinajstić information content (AvgIpc) is 2.51. The van der Waals surface area contributed by atoms with Gasteiger partial charge in [-0.2, -0.15) is 0 Å². The third-order valence-electron chi connectivity index (χ3n) is 2.28. The second kappa shape index (κ2) is 3.45. The SMILES string of the molecule is CON1C(=O)c2ccc(CO)cc2C1=O. The van der Waals surface area contributed by atoms with Gasteiger partial charge in [-0.3, -0.25) is 14.4 Å². The van der Waals surface area contributed by atoms with Crippen LogP contribution in [0.25, 0.3) is 0 Å². The van der Waals surface area contributed by atoms with Crippen molar-refractivity contribution >= 4 is 11.8 Å². The molecule has 5 heteroatoms. The summed E-state index contributed by atoms with van der Waals surface area (Å²) < 4.78 is 0. The summed E-state index contributed by atoms with van der Waals surface area (Å²) in [5, 5.41) is 9.60. The predicted molar refractivity (Wildman–Crippen MR) is 49.9 cm³/mol. The molecule has 1 heterocycles. The van der Waals surface area contributed by atoms with E-state index in [1.165, 1.54) is 19.2 Å². The van der Waals surface area contributed by atoms with Crippen LogP contribution in [0.15, 0.2) is 18.2 Å². The molecule has 0 unspecified atom stereocenters. The summed E-state index contributed by atoms with van der Waals surface area (Å²) >= 11 is 0. The van der Waals surface area contributed by atoms with Crippen molar-refractivity contribution in [2.24, 2.45) is 0 Å². The number of carbonyl (C=O) groups is 2. The second-order valence-corrected chi connectivity index (χ2v) is 3.13. The number of fused-ring (bicyclic) bond motifs is 1. The number of aliphatic hydroxyl groups is 1. The van der Waals surface area contributed by atoms with E-state index >= 15 is 0 Å². The zero-order chi connectivity index (χ0) is 11.0. The van der Waals surface area contributed by atoms with E-state index in [0.717, 1.165) is 0 Å². The highest BCUT2D eigenvalue weighted by molar-refractivity contribution is 6.20. The molecule has 0 saturated heterocycles. The molecule has 0 bridgehead atoms. The number of amides is 2. The molecular formula is C10H9NO4. The molecule has 15 heavy (non-hydrogen) atoms. The molecular weight excluding hydrogens is 198 g/mol. The van der Waals surface area contributed by atoms with Gasteiger partial charge in [-0.1, -0.05) is 6.07 Å². The van der Waals surface area contributed by atoms with E-state index in [1.807, 2.05) is 0 Å². The minimum Gasteiger partial charge on any atom is -0.392 e. The molecule has 1 aliphatic rings. The third-order valence-corrected chi connectivity index (χ3v) is 2.28. The average molecular weight is 207 g/mol. The Morgan fingerprint density at radius 3 is 2.53 bits per heavy atom. The van der Waals surface area contributed by atoms with Gasteiger partial charge < -0.3 is 5.11 Å². The topological polar surface area (TPSA) is 66.8 Å². The van der Waals surface area contributed by atoms with Gasteiger partial charge >= 0.3 is 0 Å². The molecule has 2 amide bonds. The van der Waals surface area contributed by atoms with Gasteiger partial charge in [0.2, 0.25) is 0 Å². The maximum Gasteiger partial charge on any atom is 0.285 e. The van der Waals surface area contributed by atoms with Crippen LogP contribution < -0.4 is 0 Å². The van der Waals surface area contributed by atoms with E-state index in [0.29, 0.717) is 16.2 Å². The van der Waals surface area contributed by atoms with Crippen LogP contribution in [0.2, 0.25) is 0 Å². The molecule has 0 saturated carbocycles. The monoisotopic (exact) mass is 207 g/mol. The van der Waals surface area contributed by atoms with E-state index in [-0.39, 0.29) is 12.2 Å². The van der Waals surface area contributed by atoms with E-state index in [9.17, 15) is 9.59 Å². The Labute approximate surface area is 85.8 Å². The highest BCUT2D eigenvalue weighted by atomic mass is 16.7. The number of nitrogens with zero attached hydrogens (tertiary/aromatic N) is 1. The van der Waals surface area contributed by atoms with Crippen LogP contribution in [0, 0.1) is 0 Å². The molecule has 5 nitrogen and oxygen atoms in total. The van der Waals surface area contributed by atoms with E-state index in [2.05, 4.69) is 4.84 Å². The number of rotatable bonds is 2. The maximum atomic E-state index is 11.6. The summed E-state index contributed by atoms with van der Waals surface area (Å²) in [5.41, 5.74) is 1.17. The van der Waals surface area contributed by atoms with Gasteiger partial charge in [0, 0.05) is 0 Å². The van der Waals surface area contributed by atoms with Crippen LogP contribution >= 0.6 is 0 Å². The van der Waals surface area contributed by atoms with E-state index < -0.39 is 11.8 Å². The van der Waals surface area contributed by atoms with Crippen molar-refractivity contribution in [3.8, 4) is 0 Å². The molecule has 2 rings (SSSR count). The minimum atomic E-state index is -0.493. The molecule has 0 fully saturated rings. The summed E-state index contributed by atoms with van der Waals surface area (Å²) in [4.78, 5) is 27.8. The Balaban J connectivity index is 2.53. The van der Waals surface area contributed by atoms with E-state index in [4.69, 9.17) is 5.11 Å². The van der Waals surface area contributed by atoms with Gasteiger partial charge in [-0.05, 0) is 17.7 Å². The lowest BCUT2D eigenvalue weighted by Gasteiger charge is -2.07. The quantitative estimate of drug-likeness (QED) is 0.710. The fourth-order valence-corrected chi connectivity index (χ4v) is 1.53. The summed E-state index contributed by atoms with van der Waals surface area (Å²) in [7, 11) is 1.26. The highest BCUT2D eigenvalue weighted by Crippen LogP contribution is 2.23. The molecule has 0 atom stereocenters. The number of benzene rings is 1. The molecule has 1 N–H and O–H groups in total. The Kier molecular flexibility index (Phi) is 2.26. The van der Waals surface area contributed by atoms with Crippen LogP contribution in [0.5, 0.6) is 0 Å². The minimum absolute atomic E-state index is 0.165. The Bertz CT molecular complexity index is 441.